The molecule has 2 fully saturated rings. The lowest BCUT2D eigenvalue weighted by Crippen LogP contribution is -3.14. The van der Waals surface area contributed by atoms with Gasteiger partial charge in [-0.2, -0.15) is 0 Å². The lowest BCUT2D eigenvalue weighted by Gasteiger charge is -2.32. The standard InChI is InChI=1S/C23H30N6O2/c1-2-15-7-8-20-16(13-15)14-19(23(31)24-20)21(28-11-9-18(30)10-12-28)22-25-26-27-29(22)17-5-3-4-6-17/h7-8,13-14,17-18,21,30H,2-6,9-12H2,1H3,(H,24,31)/p+1/t21-/m0/s1. The molecule has 1 saturated carbocycles. The first-order valence-corrected chi connectivity index (χ1v) is 11.6. The first-order valence-electron chi connectivity index (χ1n) is 11.6. The Hall–Kier alpha value is -2.58. The lowest BCUT2D eigenvalue weighted by molar-refractivity contribution is -0.932. The molecule has 3 heterocycles. The Kier molecular flexibility index (Phi) is 5.58. The average Bonchev–Trinajstić information content (AvgIpc) is 3.47. The number of aromatic amines is 1. The summed E-state index contributed by atoms with van der Waals surface area (Å²) in [4.78, 5) is 17.6. The predicted octanol–water partition coefficient (Wildman–Crippen LogP) is 1.32. The van der Waals surface area contributed by atoms with E-state index in [2.05, 4.69) is 39.6 Å². The van der Waals surface area contributed by atoms with Crippen LogP contribution in [0.25, 0.3) is 10.9 Å². The fourth-order valence-corrected chi connectivity index (χ4v) is 5.31. The van der Waals surface area contributed by atoms with E-state index in [0.29, 0.717) is 11.6 Å². The summed E-state index contributed by atoms with van der Waals surface area (Å²) in [7, 11) is 0. The lowest BCUT2D eigenvalue weighted by atomic mass is 9.98. The first kappa shape index (κ1) is 20.3. The Balaban J connectivity index is 1.63. The molecule has 8 heteroatoms. The molecule has 164 valence electrons. The van der Waals surface area contributed by atoms with Gasteiger partial charge in [0.1, 0.15) is 0 Å². The van der Waals surface area contributed by atoms with E-state index in [1.807, 2.05) is 16.8 Å². The second-order valence-corrected chi connectivity index (χ2v) is 9.07. The van der Waals surface area contributed by atoms with E-state index < -0.39 is 0 Å². The second-order valence-electron chi connectivity index (χ2n) is 9.07. The number of pyridine rings is 1. The summed E-state index contributed by atoms with van der Waals surface area (Å²) < 4.78 is 1.97. The van der Waals surface area contributed by atoms with Crippen LogP contribution in [0.15, 0.2) is 29.1 Å². The van der Waals surface area contributed by atoms with Gasteiger partial charge in [-0.05, 0) is 58.8 Å². The van der Waals surface area contributed by atoms with Crippen molar-refractivity contribution in [2.75, 3.05) is 13.1 Å². The molecule has 2 aromatic heterocycles. The number of hydrogen-bond donors (Lipinski definition) is 3. The minimum absolute atomic E-state index is 0.0821. The monoisotopic (exact) mass is 423 g/mol. The van der Waals surface area contributed by atoms with Crippen LogP contribution in [0.1, 0.15) is 74.5 Å². The van der Waals surface area contributed by atoms with Gasteiger partial charge in [-0.15, -0.1) is 5.10 Å². The third-order valence-electron chi connectivity index (χ3n) is 7.11. The van der Waals surface area contributed by atoms with Gasteiger partial charge in [0.2, 0.25) is 5.82 Å². The molecule has 8 nitrogen and oxygen atoms in total. The summed E-state index contributed by atoms with van der Waals surface area (Å²) in [6.07, 6.45) is 6.66. The van der Waals surface area contributed by atoms with E-state index in [0.717, 1.165) is 61.9 Å². The zero-order valence-corrected chi connectivity index (χ0v) is 18.0. The van der Waals surface area contributed by atoms with Gasteiger partial charge in [0.15, 0.2) is 6.04 Å². The number of aliphatic hydroxyl groups excluding tert-OH is 1. The van der Waals surface area contributed by atoms with Crippen molar-refractivity contribution in [2.45, 2.75) is 70.1 Å². The molecule has 2 aliphatic rings. The number of nitrogens with one attached hydrogen (secondary N) is 2. The summed E-state index contributed by atoms with van der Waals surface area (Å²) in [5, 5.41) is 23.9. The zero-order chi connectivity index (χ0) is 21.4. The predicted molar refractivity (Wildman–Crippen MR) is 117 cm³/mol. The van der Waals surface area contributed by atoms with Crippen LogP contribution < -0.4 is 10.5 Å². The van der Waals surface area contributed by atoms with E-state index in [4.69, 9.17) is 0 Å². The van der Waals surface area contributed by atoms with Gasteiger partial charge in [-0.3, -0.25) is 4.79 Å². The molecule has 3 aromatic rings. The molecule has 3 N–H and O–H groups in total. The Morgan fingerprint density at radius 2 is 1.97 bits per heavy atom. The molecule has 1 aliphatic carbocycles. The number of nitrogens with zero attached hydrogens (tertiary/aromatic N) is 4. The highest BCUT2D eigenvalue weighted by Crippen LogP contribution is 2.31. The number of piperidine rings is 1. The number of aliphatic hydroxyl groups is 1. The van der Waals surface area contributed by atoms with Crippen molar-refractivity contribution in [1.29, 1.82) is 0 Å². The summed E-state index contributed by atoms with van der Waals surface area (Å²) in [6, 6.07) is 8.29. The SMILES string of the molecule is CCc1ccc2[nH]c(=O)c([C@@H](c3nnnn3C3CCCC3)[NH+]3CCC(O)CC3)cc2c1. The molecular formula is C23H31N6O2+. The van der Waals surface area contributed by atoms with E-state index in [1.165, 1.54) is 23.3 Å². The van der Waals surface area contributed by atoms with Gasteiger partial charge in [0.05, 0.1) is 30.8 Å². The molecule has 1 atom stereocenters. The van der Waals surface area contributed by atoms with Crippen molar-refractivity contribution in [3.8, 4) is 0 Å². The van der Waals surface area contributed by atoms with Crippen molar-refractivity contribution in [1.82, 2.24) is 25.2 Å². The topological polar surface area (TPSA) is 101 Å². The normalized spacial score (nSPS) is 23.4. The van der Waals surface area contributed by atoms with Crippen LogP contribution in [0, 0.1) is 0 Å². The molecule has 5 rings (SSSR count). The highest BCUT2D eigenvalue weighted by Gasteiger charge is 2.37. The molecule has 1 aliphatic heterocycles. The summed E-state index contributed by atoms with van der Waals surface area (Å²) in [6.45, 7) is 3.71. The van der Waals surface area contributed by atoms with Crippen LogP contribution in [-0.2, 0) is 6.42 Å². The summed E-state index contributed by atoms with van der Waals surface area (Å²) >= 11 is 0. The van der Waals surface area contributed by atoms with Gasteiger partial charge in [0, 0.05) is 18.4 Å². The van der Waals surface area contributed by atoms with Crippen molar-refractivity contribution < 1.29 is 10.0 Å². The number of H-pyrrole nitrogens is 1. The van der Waals surface area contributed by atoms with Gasteiger partial charge in [-0.25, -0.2) is 4.68 Å². The van der Waals surface area contributed by atoms with Crippen molar-refractivity contribution >= 4 is 10.9 Å². The van der Waals surface area contributed by atoms with Gasteiger partial charge in [-0.1, -0.05) is 25.8 Å². The number of hydrogen-bond acceptors (Lipinski definition) is 5. The van der Waals surface area contributed by atoms with Crippen LogP contribution in [0.4, 0.5) is 0 Å². The minimum atomic E-state index is -0.266. The quantitative estimate of drug-likeness (QED) is 0.575. The molecule has 0 amide bonds. The highest BCUT2D eigenvalue weighted by molar-refractivity contribution is 5.79. The third kappa shape index (κ3) is 3.90. The van der Waals surface area contributed by atoms with E-state index in [-0.39, 0.29) is 17.7 Å². The number of fused-ring (bicyclic) bond motifs is 1. The maximum atomic E-state index is 13.3. The van der Waals surface area contributed by atoms with Gasteiger partial charge < -0.3 is 15.0 Å². The van der Waals surface area contributed by atoms with Crippen molar-refractivity contribution in [3.63, 3.8) is 0 Å². The van der Waals surface area contributed by atoms with E-state index >= 15 is 0 Å². The minimum Gasteiger partial charge on any atom is -0.393 e. The smallest absolute Gasteiger partial charge is 0.258 e. The maximum Gasteiger partial charge on any atom is 0.258 e. The number of quaternary nitrogens is 1. The number of tetrazole rings is 1. The first-order chi connectivity index (χ1) is 15.1. The fraction of sp³-hybridized carbons (Fsp3) is 0.565. The zero-order valence-electron chi connectivity index (χ0n) is 18.0. The number of aryl methyl sites for hydroxylation is 1. The van der Waals surface area contributed by atoms with Crippen LogP contribution in [0.5, 0.6) is 0 Å². The number of rotatable bonds is 5. The van der Waals surface area contributed by atoms with Gasteiger partial charge >= 0.3 is 0 Å². The number of likely N-dealkylation sites (tertiary alicyclic amines) is 1. The van der Waals surface area contributed by atoms with E-state index in [9.17, 15) is 9.90 Å². The largest absolute Gasteiger partial charge is 0.393 e. The van der Waals surface area contributed by atoms with Gasteiger partial charge in [0.25, 0.3) is 5.56 Å². The molecule has 1 saturated heterocycles. The van der Waals surface area contributed by atoms with Crippen LogP contribution in [-0.4, -0.2) is 49.5 Å². The Morgan fingerprint density at radius 3 is 2.71 bits per heavy atom. The highest BCUT2D eigenvalue weighted by atomic mass is 16.3. The summed E-state index contributed by atoms with van der Waals surface area (Å²) in [5.41, 5.74) is 2.72. The Morgan fingerprint density at radius 1 is 1.19 bits per heavy atom. The molecule has 0 spiro atoms. The Bertz CT molecular complexity index is 1110. The van der Waals surface area contributed by atoms with E-state index in [1.54, 1.807) is 0 Å². The van der Waals surface area contributed by atoms with Crippen LogP contribution in [0.2, 0.25) is 0 Å². The summed E-state index contributed by atoms with van der Waals surface area (Å²) in [5.74, 6) is 0.773. The third-order valence-corrected chi connectivity index (χ3v) is 7.11. The van der Waals surface area contributed by atoms with Crippen LogP contribution in [0.3, 0.4) is 0 Å². The molecule has 0 unspecified atom stereocenters. The van der Waals surface area contributed by atoms with Crippen LogP contribution >= 0.6 is 0 Å². The average molecular weight is 424 g/mol. The number of aromatic nitrogens is 5. The second kappa shape index (κ2) is 8.51. The molecule has 0 radical (unpaired) electrons. The molecule has 0 bridgehead atoms. The molecular weight excluding hydrogens is 392 g/mol. The Labute approximate surface area is 181 Å². The van der Waals surface area contributed by atoms with Crippen molar-refractivity contribution in [3.05, 3.63) is 51.6 Å². The number of benzene rings is 1. The maximum absolute atomic E-state index is 13.3. The fourth-order valence-electron chi connectivity index (χ4n) is 5.31. The molecule has 31 heavy (non-hydrogen) atoms. The van der Waals surface area contributed by atoms with Crippen molar-refractivity contribution in [2.24, 2.45) is 0 Å². The molecule has 1 aromatic carbocycles.